The number of benzene rings is 1. The summed E-state index contributed by atoms with van der Waals surface area (Å²) >= 11 is 0. The van der Waals surface area contributed by atoms with Crippen molar-refractivity contribution >= 4 is 0 Å². The van der Waals surface area contributed by atoms with Crippen LogP contribution >= 0.6 is 0 Å². The average molecular weight is 310 g/mol. The van der Waals surface area contributed by atoms with E-state index in [2.05, 4.69) is 19.9 Å². The molecule has 6 heteroatoms. The van der Waals surface area contributed by atoms with Crippen LogP contribution in [0.25, 0.3) is 11.3 Å². The lowest BCUT2D eigenvalue weighted by molar-refractivity contribution is 0.218. The first-order valence-electron chi connectivity index (χ1n) is 7.49. The molecule has 0 aliphatic carbocycles. The third-order valence-corrected chi connectivity index (χ3v) is 3.99. The van der Waals surface area contributed by atoms with Crippen LogP contribution in [0, 0.1) is 5.82 Å². The lowest BCUT2D eigenvalue weighted by Crippen LogP contribution is -2.30. The summed E-state index contributed by atoms with van der Waals surface area (Å²) in [6, 6.07) is 6.21. The highest BCUT2D eigenvalue weighted by Crippen LogP contribution is 2.22. The van der Waals surface area contributed by atoms with E-state index in [0.29, 0.717) is 18.2 Å². The molecule has 0 amide bonds. The zero-order valence-corrected chi connectivity index (χ0v) is 12.4. The SMILES string of the molecule is Fc1ccc(-c2cnc(CN3CCc4cncnc4C3)o2)cc1. The van der Waals surface area contributed by atoms with E-state index in [1.807, 2.05) is 6.20 Å². The van der Waals surface area contributed by atoms with Crippen molar-refractivity contribution in [2.45, 2.75) is 19.5 Å². The Morgan fingerprint density at radius 2 is 2.00 bits per heavy atom. The van der Waals surface area contributed by atoms with Crippen molar-refractivity contribution in [3.63, 3.8) is 0 Å². The standard InChI is InChI=1S/C17H15FN4O/c18-14-3-1-12(2-4-14)16-8-20-17(23-16)10-22-6-5-13-7-19-11-21-15(13)9-22/h1-4,7-8,11H,5-6,9-10H2. The summed E-state index contributed by atoms with van der Waals surface area (Å²) in [5, 5.41) is 0. The zero-order chi connectivity index (χ0) is 15.6. The van der Waals surface area contributed by atoms with Crippen LogP contribution in [-0.4, -0.2) is 26.4 Å². The van der Waals surface area contributed by atoms with Crippen LogP contribution in [0.2, 0.25) is 0 Å². The molecule has 1 aliphatic rings. The summed E-state index contributed by atoms with van der Waals surface area (Å²) in [5.41, 5.74) is 3.10. The summed E-state index contributed by atoms with van der Waals surface area (Å²) in [7, 11) is 0. The molecule has 23 heavy (non-hydrogen) atoms. The summed E-state index contributed by atoms with van der Waals surface area (Å²) < 4.78 is 18.8. The third-order valence-electron chi connectivity index (χ3n) is 3.99. The lowest BCUT2D eigenvalue weighted by Gasteiger charge is -2.26. The summed E-state index contributed by atoms with van der Waals surface area (Å²) in [5.74, 6) is 1.05. The van der Waals surface area contributed by atoms with E-state index in [4.69, 9.17) is 4.42 Å². The lowest BCUT2D eigenvalue weighted by atomic mass is 10.1. The Kier molecular flexibility index (Phi) is 3.59. The normalized spacial score (nSPS) is 14.7. The van der Waals surface area contributed by atoms with Gasteiger partial charge < -0.3 is 4.42 Å². The minimum atomic E-state index is -0.262. The van der Waals surface area contributed by atoms with Crippen LogP contribution < -0.4 is 0 Å². The Balaban J connectivity index is 1.47. The molecule has 0 bridgehead atoms. The number of aromatic nitrogens is 3. The fraction of sp³-hybridized carbons (Fsp3) is 0.235. The molecule has 116 valence electrons. The van der Waals surface area contributed by atoms with E-state index in [0.717, 1.165) is 30.8 Å². The van der Waals surface area contributed by atoms with E-state index >= 15 is 0 Å². The van der Waals surface area contributed by atoms with E-state index in [1.165, 1.54) is 17.7 Å². The number of hydrogen-bond donors (Lipinski definition) is 0. The number of halogens is 1. The summed E-state index contributed by atoms with van der Waals surface area (Å²) in [6.45, 7) is 2.32. The van der Waals surface area contributed by atoms with Gasteiger partial charge in [-0.25, -0.2) is 19.3 Å². The van der Waals surface area contributed by atoms with Crippen LogP contribution in [0.4, 0.5) is 4.39 Å². The second kappa shape index (κ2) is 5.89. The van der Waals surface area contributed by atoms with E-state index in [9.17, 15) is 4.39 Å². The first kappa shape index (κ1) is 14.0. The molecule has 0 N–H and O–H groups in total. The van der Waals surface area contributed by atoms with Gasteiger partial charge in [0.2, 0.25) is 5.89 Å². The maximum absolute atomic E-state index is 13.0. The van der Waals surface area contributed by atoms with Gasteiger partial charge in [-0.2, -0.15) is 0 Å². The molecule has 0 spiro atoms. The molecule has 0 saturated carbocycles. The number of rotatable bonds is 3. The molecular weight excluding hydrogens is 295 g/mol. The molecular formula is C17H15FN4O. The minimum Gasteiger partial charge on any atom is -0.439 e. The highest BCUT2D eigenvalue weighted by molar-refractivity contribution is 5.55. The van der Waals surface area contributed by atoms with E-state index in [-0.39, 0.29) is 5.82 Å². The summed E-state index contributed by atoms with van der Waals surface area (Å²) in [6.07, 6.45) is 6.09. The smallest absolute Gasteiger partial charge is 0.209 e. The second-order valence-electron chi connectivity index (χ2n) is 5.58. The molecule has 3 heterocycles. The van der Waals surface area contributed by atoms with Gasteiger partial charge in [-0.15, -0.1) is 0 Å². The number of nitrogens with zero attached hydrogens (tertiary/aromatic N) is 4. The van der Waals surface area contributed by atoms with Crippen molar-refractivity contribution in [1.29, 1.82) is 0 Å². The molecule has 4 rings (SSSR count). The first-order chi connectivity index (χ1) is 11.3. The first-order valence-corrected chi connectivity index (χ1v) is 7.49. The van der Waals surface area contributed by atoms with Gasteiger partial charge in [0.25, 0.3) is 0 Å². The molecule has 0 radical (unpaired) electrons. The monoisotopic (exact) mass is 310 g/mol. The quantitative estimate of drug-likeness (QED) is 0.744. The second-order valence-corrected chi connectivity index (χ2v) is 5.58. The Morgan fingerprint density at radius 1 is 1.13 bits per heavy atom. The van der Waals surface area contributed by atoms with Crippen LogP contribution in [-0.2, 0) is 19.5 Å². The van der Waals surface area contributed by atoms with Gasteiger partial charge in [0.05, 0.1) is 18.4 Å². The van der Waals surface area contributed by atoms with Crippen molar-refractivity contribution in [1.82, 2.24) is 19.9 Å². The van der Waals surface area contributed by atoms with Crippen LogP contribution in [0.15, 0.2) is 47.4 Å². The van der Waals surface area contributed by atoms with Crippen molar-refractivity contribution in [3.8, 4) is 11.3 Å². The number of oxazole rings is 1. The van der Waals surface area contributed by atoms with Gasteiger partial charge in [-0.3, -0.25) is 4.90 Å². The molecule has 2 aromatic heterocycles. The van der Waals surface area contributed by atoms with Crippen LogP contribution in [0.5, 0.6) is 0 Å². The molecule has 0 unspecified atom stereocenters. The Morgan fingerprint density at radius 3 is 2.87 bits per heavy atom. The Labute approximate surface area is 132 Å². The highest BCUT2D eigenvalue weighted by Gasteiger charge is 2.19. The number of hydrogen-bond acceptors (Lipinski definition) is 5. The van der Waals surface area contributed by atoms with Crippen molar-refractivity contribution in [2.75, 3.05) is 6.54 Å². The van der Waals surface area contributed by atoms with Gasteiger partial charge in [0.15, 0.2) is 5.76 Å². The molecule has 0 atom stereocenters. The van der Waals surface area contributed by atoms with Gasteiger partial charge in [0.1, 0.15) is 12.1 Å². The van der Waals surface area contributed by atoms with Crippen molar-refractivity contribution in [2.24, 2.45) is 0 Å². The Bertz CT molecular complexity index is 815. The minimum absolute atomic E-state index is 0.262. The van der Waals surface area contributed by atoms with E-state index in [1.54, 1.807) is 24.7 Å². The highest BCUT2D eigenvalue weighted by atomic mass is 19.1. The van der Waals surface area contributed by atoms with Gasteiger partial charge in [-0.1, -0.05) is 0 Å². The molecule has 1 aliphatic heterocycles. The Hall–Kier alpha value is -2.60. The van der Waals surface area contributed by atoms with Gasteiger partial charge in [0, 0.05) is 24.8 Å². The topological polar surface area (TPSA) is 55.1 Å². The van der Waals surface area contributed by atoms with Crippen LogP contribution in [0.1, 0.15) is 17.1 Å². The fourth-order valence-corrected chi connectivity index (χ4v) is 2.76. The summed E-state index contributed by atoms with van der Waals surface area (Å²) in [4.78, 5) is 15.0. The molecule has 1 aromatic carbocycles. The third kappa shape index (κ3) is 2.98. The van der Waals surface area contributed by atoms with Gasteiger partial charge in [-0.05, 0) is 36.2 Å². The van der Waals surface area contributed by atoms with Crippen molar-refractivity contribution < 1.29 is 8.81 Å². The van der Waals surface area contributed by atoms with Crippen molar-refractivity contribution in [3.05, 3.63) is 66.0 Å². The fourth-order valence-electron chi connectivity index (χ4n) is 2.76. The predicted molar refractivity (Wildman–Crippen MR) is 81.7 cm³/mol. The zero-order valence-electron chi connectivity index (χ0n) is 12.4. The molecule has 5 nitrogen and oxygen atoms in total. The van der Waals surface area contributed by atoms with Crippen LogP contribution in [0.3, 0.4) is 0 Å². The molecule has 0 fully saturated rings. The maximum Gasteiger partial charge on any atom is 0.209 e. The average Bonchev–Trinajstić information content (AvgIpc) is 3.04. The predicted octanol–water partition coefficient (Wildman–Crippen LogP) is 2.83. The maximum atomic E-state index is 13.0. The largest absolute Gasteiger partial charge is 0.439 e. The van der Waals surface area contributed by atoms with E-state index < -0.39 is 0 Å². The molecule has 0 saturated heterocycles. The number of fused-ring (bicyclic) bond motifs is 1. The molecule has 3 aromatic rings. The van der Waals surface area contributed by atoms with Gasteiger partial charge >= 0.3 is 0 Å².